The number of anilines is 1. The number of halogens is 1. The Kier molecular flexibility index (Phi) is 4.60. The first-order chi connectivity index (χ1) is 6.74. The predicted octanol–water partition coefficient (Wildman–Crippen LogP) is 1.18. The molecule has 6 heteroatoms. The molecular weight excluding hydrogens is 223 g/mol. The number of aromatic nitrogens is 3. The number of benzene rings is 1. The Balaban J connectivity index is 0.00000112. The third kappa shape index (κ3) is 3.50. The Morgan fingerprint density at radius 1 is 1.27 bits per heavy atom. The van der Waals surface area contributed by atoms with E-state index in [0.717, 1.165) is 10.6 Å². The van der Waals surface area contributed by atoms with Gasteiger partial charge in [0.25, 0.3) is 0 Å². The van der Waals surface area contributed by atoms with E-state index in [2.05, 4.69) is 10.1 Å². The summed E-state index contributed by atoms with van der Waals surface area (Å²) in [5, 5.41) is 4.71. The monoisotopic (exact) mass is 231 g/mol. The van der Waals surface area contributed by atoms with Gasteiger partial charge < -0.3 is 5.73 Å². The molecule has 0 bridgehead atoms. The van der Waals surface area contributed by atoms with Crippen LogP contribution in [0.1, 0.15) is 5.56 Å². The average molecular weight is 232 g/mol. The van der Waals surface area contributed by atoms with Crippen molar-refractivity contribution in [2.75, 3.05) is 5.73 Å². The van der Waals surface area contributed by atoms with Gasteiger partial charge in [-0.1, -0.05) is 23.7 Å². The molecule has 0 saturated carbocycles. The van der Waals surface area contributed by atoms with E-state index in [0.29, 0.717) is 12.5 Å². The molecule has 2 rings (SSSR count). The van der Waals surface area contributed by atoms with Gasteiger partial charge in [0.05, 0.1) is 6.54 Å². The van der Waals surface area contributed by atoms with Gasteiger partial charge in [0.15, 0.2) is 0 Å². The van der Waals surface area contributed by atoms with Crippen LogP contribution in [-0.2, 0) is 6.54 Å². The molecule has 0 aliphatic carbocycles. The summed E-state index contributed by atoms with van der Waals surface area (Å²) >= 11 is 5.76. The van der Waals surface area contributed by atoms with Gasteiger partial charge in [-0.05, 0) is 17.7 Å². The molecule has 15 heavy (non-hydrogen) atoms. The van der Waals surface area contributed by atoms with Crippen molar-refractivity contribution in [3.05, 3.63) is 41.2 Å². The summed E-state index contributed by atoms with van der Waals surface area (Å²) in [4.78, 5) is 3.83. The molecule has 1 aromatic heterocycles. The molecule has 0 amide bonds. The maximum Gasteiger partial charge on any atom is 0.239 e. The molecular formula is C9H9ClN4Na. The van der Waals surface area contributed by atoms with Crippen LogP contribution in [0.15, 0.2) is 30.6 Å². The Hall–Kier alpha value is -0.550. The van der Waals surface area contributed by atoms with Gasteiger partial charge in [-0.25, -0.2) is 9.67 Å². The minimum Gasteiger partial charge on any atom is -0.367 e. The molecule has 1 radical (unpaired) electrons. The predicted molar refractivity (Wildman–Crippen MR) is 60.7 cm³/mol. The molecule has 73 valence electrons. The fraction of sp³-hybridized carbons (Fsp3) is 0.111. The molecule has 2 aromatic rings. The molecule has 0 spiro atoms. The van der Waals surface area contributed by atoms with Gasteiger partial charge in [-0.3, -0.25) is 0 Å². The second kappa shape index (κ2) is 5.51. The maximum atomic E-state index is 5.76. The number of nitrogens with two attached hydrogens (primary N) is 1. The number of nitrogen functional groups attached to an aromatic ring is 1. The second-order valence-corrected chi connectivity index (χ2v) is 3.36. The normalized spacial score (nSPS) is 9.67. The Morgan fingerprint density at radius 2 is 1.93 bits per heavy atom. The van der Waals surface area contributed by atoms with Crippen LogP contribution in [0.3, 0.4) is 0 Å². The zero-order valence-corrected chi connectivity index (χ0v) is 11.1. The Bertz CT molecular complexity index is 426. The van der Waals surface area contributed by atoms with Crippen LogP contribution in [0.2, 0.25) is 5.02 Å². The van der Waals surface area contributed by atoms with Crippen LogP contribution < -0.4 is 5.73 Å². The first-order valence-corrected chi connectivity index (χ1v) is 4.51. The van der Waals surface area contributed by atoms with Crippen molar-refractivity contribution < 1.29 is 0 Å². The maximum absolute atomic E-state index is 5.76. The van der Waals surface area contributed by atoms with Crippen molar-refractivity contribution in [3.8, 4) is 0 Å². The molecule has 4 nitrogen and oxygen atoms in total. The van der Waals surface area contributed by atoms with E-state index in [1.165, 1.54) is 0 Å². The van der Waals surface area contributed by atoms with E-state index in [-0.39, 0.29) is 29.6 Å². The van der Waals surface area contributed by atoms with Crippen LogP contribution in [0.5, 0.6) is 0 Å². The van der Waals surface area contributed by atoms with E-state index in [4.69, 9.17) is 17.3 Å². The van der Waals surface area contributed by atoms with Gasteiger partial charge >= 0.3 is 0 Å². The molecule has 0 aliphatic heterocycles. The Morgan fingerprint density at radius 3 is 2.47 bits per heavy atom. The van der Waals surface area contributed by atoms with Crippen molar-refractivity contribution in [2.24, 2.45) is 0 Å². The number of nitrogens with zero attached hydrogens (tertiary/aromatic N) is 3. The summed E-state index contributed by atoms with van der Waals surface area (Å²) in [5.74, 6) is 0.291. The summed E-state index contributed by atoms with van der Waals surface area (Å²) in [6.45, 7) is 0.654. The largest absolute Gasteiger partial charge is 0.367 e. The smallest absolute Gasteiger partial charge is 0.239 e. The van der Waals surface area contributed by atoms with Crippen molar-refractivity contribution in [1.82, 2.24) is 14.8 Å². The molecule has 2 N–H and O–H groups in total. The van der Waals surface area contributed by atoms with Gasteiger partial charge in [0, 0.05) is 34.6 Å². The van der Waals surface area contributed by atoms with Crippen molar-refractivity contribution in [1.29, 1.82) is 0 Å². The molecule has 1 aromatic carbocycles. The fourth-order valence-electron chi connectivity index (χ4n) is 1.16. The third-order valence-corrected chi connectivity index (χ3v) is 2.06. The first-order valence-electron chi connectivity index (χ1n) is 4.13. The van der Waals surface area contributed by atoms with E-state index in [1.807, 2.05) is 24.3 Å². The van der Waals surface area contributed by atoms with Gasteiger partial charge in [-0.15, -0.1) is 5.10 Å². The van der Waals surface area contributed by atoms with Gasteiger partial charge in [0.2, 0.25) is 5.95 Å². The second-order valence-electron chi connectivity index (χ2n) is 2.93. The molecule has 0 aliphatic rings. The van der Waals surface area contributed by atoms with E-state index >= 15 is 0 Å². The minimum absolute atomic E-state index is 0. The quantitative estimate of drug-likeness (QED) is 0.790. The molecule has 0 saturated heterocycles. The number of rotatable bonds is 2. The van der Waals surface area contributed by atoms with Crippen LogP contribution >= 0.6 is 11.6 Å². The van der Waals surface area contributed by atoms with Crippen LogP contribution in [-0.4, -0.2) is 44.3 Å². The minimum atomic E-state index is 0. The standard InChI is InChI=1S/C9H9ClN4.Na/c10-8-3-1-7(2-4-8)5-14-6-12-9(11)13-14;/h1-4,6H,5H2,(H2,11,13);. The molecule has 0 atom stereocenters. The van der Waals surface area contributed by atoms with Gasteiger partial charge in [0.1, 0.15) is 6.33 Å². The number of hydrogen-bond donors (Lipinski definition) is 1. The van der Waals surface area contributed by atoms with E-state index in [1.54, 1.807) is 11.0 Å². The summed E-state index contributed by atoms with van der Waals surface area (Å²) in [6.07, 6.45) is 1.60. The number of hydrogen-bond acceptors (Lipinski definition) is 3. The fourth-order valence-corrected chi connectivity index (χ4v) is 1.29. The first kappa shape index (κ1) is 12.5. The molecule has 0 unspecified atom stereocenters. The Labute approximate surface area is 115 Å². The van der Waals surface area contributed by atoms with Crippen LogP contribution in [0.25, 0.3) is 0 Å². The van der Waals surface area contributed by atoms with Crippen molar-refractivity contribution in [2.45, 2.75) is 6.54 Å². The van der Waals surface area contributed by atoms with Crippen molar-refractivity contribution >= 4 is 47.1 Å². The summed E-state index contributed by atoms with van der Waals surface area (Å²) < 4.78 is 1.68. The van der Waals surface area contributed by atoms with Crippen LogP contribution in [0, 0.1) is 0 Å². The third-order valence-electron chi connectivity index (χ3n) is 1.81. The van der Waals surface area contributed by atoms with Gasteiger partial charge in [-0.2, -0.15) is 0 Å². The van der Waals surface area contributed by atoms with Crippen molar-refractivity contribution in [3.63, 3.8) is 0 Å². The summed E-state index contributed by atoms with van der Waals surface area (Å²) in [6, 6.07) is 7.58. The molecule has 1 heterocycles. The molecule has 0 fully saturated rings. The SMILES string of the molecule is Nc1ncn(Cc2ccc(Cl)cc2)n1.[Na]. The zero-order valence-electron chi connectivity index (χ0n) is 8.39. The van der Waals surface area contributed by atoms with Crippen LogP contribution in [0.4, 0.5) is 5.95 Å². The summed E-state index contributed by atoms with van der Waals surface area (Å²) in [5.41, 5.74) is 6.50. The van der Waals surface area contributed by atoms with E-state index < -0.39 is 0 Å². The zero-order chi connectivity index (χ0) is 9.97. The average Bonchev–Trinajstić information content (AvgIpc) is 2.56. The van der Waals surface area contributed by atoms with E-state index in [9.17, 15) is 0 Å². The summed E-state index contributed by atoms with van der Waals surface area (Å²) in [7, 11) is 0. The topological polar surface area (TPSA) is 56.7 Å².